The molecule has 112 valence electrons. The molecule has 0 unspecified atom stereocenters. The summed E-state index contributed by atoms with van der Waals surface area (Å²) in [5, 5.41) is 9.00. The lowest BCUT2D eigenvalue weighted by molar-refractivity contribution is 0.789. The molecule has 1 aliphatic heterocycles. The second-order valence-electron chi connectivity index (χ2n) is 5.23. The maximum atomic E-state index is 4.76. The van der Waals surface area contributed by atoms with Crippen LogP contribution < -0.4 is 10.6 Å². The third-order valence-corrected chi connectivity index (χ3v) is 5.60. The SMILES string of the molecule is Brc1csc2c(N[C@H]3CCNC3)nc(-c3ccncc3)nc12. The highest BCUT2D eigenvalue weighted by Gasteiger charge is 2.19. The highest BCUT2D eigenvalue weighted by molar-refractivity contribution is 9.10. The standard InChI is InChI=1S/C15H14BrN5S/c16-11-8-22-13-12(11)20-14(9-1-4-17-5-2-9)21-15(13)19-10-3-6-18-7-10/h1-2,4-5,8,10,18H,3,6-7H2,(H,19,20,21)/t10-/m0/s1. The van der Waals surface area contributed by atoms with Crippen molar-refractivity contribution in [2.24, 2.45) is 0 Å². The van der Waals surface area contributed by atoms with Gasteiger partial charge in [0.25, 0.3) is 0 Å². The van der Waals surface area contributed by atoms with Crippen LogP contribution in [0.2, 0.25) is 0 Å². The van der Waals surface area contributed by atoms with E-state index in [1.807, 2.05) is 12.1 Å². The van der Waals surface area contributed by atoms with Crippen LogP contribution in [-0.2, 0) is 0 Å². The number of aromatic nitrogens is 3. The molecular formula is C15H14BrN5S. The summed E-state index contributed by atoms with van der Waals surface area (Å²) in [7, 11) is 0. The molecule has 1 fully saturated rings. The van der Waals surface area contributed by atoms with E-state index in [-0.39, 0.29) is 0 Å². The van der Waals surface area contributed by atoms with E-state index in [4.69, 9.17) is 9.97 Å². The zero-order chi connectivity index (χ0) is 14.9. The lowest BCUT2D eigenvalue weighted by Crippen LogP contribution is -2.22. The number of rotatable bonds is 3. The van der Waals surface area contributed by atoms with Gasteiger partial charge in [0.1, 0.15) is 11.3 Å². The summed E-state index contributed by atoms with van der Waals surface area (Å²) in [6.07, 6.45) is 4.64. The Bertz CT molecular complexity index is 798. The van der Waals surface area contributed by atoms with Crippen LogP contribution in [0.3, 0.4) is 0 Å². The van der Waals surface area contributed by atoms with Crippen LogP contribution in [-0.4, -0.2) is 34.1 Å². The summed E-state index contributed by atoms with van der Waals surface area (Å²) in [6.45, 7) is 2.03. The summed E-state index contributed by atoms with van der Waals surface area (Å²) < 4.78 is 2.11. The molecule has 4 rings (SSSR count). The third kappa shape index (κ3) is 2.60. The van der Waals surface area contributed by atoms with Gasteiger partial charge in [-0.05, 0) is 41.0 Å². The molecule has 4 heterocycles. The number of nitrogens with one attached hydrogen (secondary N) is 2. The van der Waals surface area contributed by atoms with Gasteiger partial charge in [-0.3, -0.25) is 4.98 Å². The van der Waals surface area contributed by atoms with Crippen molar-refractivity contribution in [3.8, 4) is 11.4 Å². The molecule has 1 atom stereocenters. The Morgan fingerprint density at radius 3 is 2.91 bits per heavy atom. The quantitative estimate of drug-likeness (QED) is 0.735. The van der Waals surface area contributed by atoms with E-state index >= 15 is 0 Å². The van der Waals surface area contributed by atoms with Gasteiger partial charge in [0.15, 0.2) is 5.82 Å². The van der Waals surface area contributed by atoms with Crippen molar-refractivity contribution >= 4 is 43.3 Å². The summed E-state index contributed by atoms with van der Waals surface area (Å²) in [5.41, 5.74) is 1.93. The van der Waals surface area contributed by atoms with Crippen molar-refractivity contribution in [3.63, 3.8) is 0 Å². The number of hydrogen-bond acceptors (Lipinski definition) is 6. The van der Waals surface area contributed by atoms with E-state index in [9.17, 15) is 0 Å². The first-order valence-corrected chi connectivity index (χ1v) is 8.81. The summed E-state index contributed by atoms with van der Waals surface area (Å²) >= 11 is 5.25. The van der Waals surface area contributed by atoms with Gasteiger partial charge in [-0.2, -0.15) is 0 Å². The van der Waals surface area contributed by atoms with Gasteiger partial charge < -0.3 is 10.6 Å². The molecule has 3 aromatic rings. The van der Waals surface area contributed by atoms with Gasteiger partial charge in [0, 0.05) is 35.9 Å². The highest BCUT2D eigenvalue weighted by Crippen LogP contribution is 2.35. The van der Waals surface area contributed by atoms with E-state index in [1.54, 1.807) is 23.7 Å². The number of hydrogen-bond donors (Lipinski definition) is 2. The molecule has 0 spiro atoms. The number of thiophene rings is 1. The number of anilines is 1. The Balaban J connectivity index is 1.82. The Labute approximate surface area is 140 Å². The molecule has 0 aromatic carbocycles. The second-order valence-corrected chi connectivity index (χ2v) is 6.96. The van der Waals surface area contributed by atoms with Crippen molar-refractivity contribution in [3.05, 3.63) is 34.4 Å². The van der Waals surface area contributed by atoms with E-state index in [0.717, 1.165) is 51.4 Å². The Kier molecular flexibility index (Phi) is 3.77. The zero-order valence-corrected chi connectivity index (χ0v) is 14.1. The Morgan fingerprint density at radius 2 is 2.14 bits per heavy atom. The van der Waals surface area contributed by atoms with Crippen molar-refractivity contribution in [2.45, 2.75) is 12.5 Å². The minimum absolute atomic E-state index is 0.421. The van der Waals surface area contributed by atoms with E-state index in [2.05, 4.69) is 36.9 Å². The molecule has 1 aliphatic rings. The molecular weight excluding hydrogens is 362 g/mol. The molecule has 2 N–H and O–H groups in total. The van der Waals surface area contributed by atoms with Gasteiger partial charge in [0.05, 0.1) is 9.17 Å². The minimum atomic E-state index is 0.421. The normalized spacial score (nSPS) is 18.0. The average molecular weight is 376 g/mol. The average Bonchev–Trinajstić information content (AvgIpc) is 3.19. The number of nitrogens with zero attached hydrogens (tertiary/aromatic N) is 3. The lowest BCUT2D eigenvalue weighted by atomic mass is 10.2. The molecule has 0 saturated carbocycles. The lowest BCUT2D eigenvalue weighted by Gasteiger charge is -2.13. The highest BCUT2D eigenvalue weighted by atomic mass is 79.9. The number of halogens is 1. The van der Waals surface area contributed by atoms with Crippen molar-refractivity contribution in [1.29, 1.82) is 0 Å². The van der Waals surface area contributed by atoms with Crippen molar-refractivity contribution < 1.29 is 0 Å². The van der Waals surface area contributed by atoms with Crippen LogP contribution in [0.1, 0.15) is 6.42 Å². The minimum Gasteiger partial charge on any atom is -0.365 e. The van der Waals surface area contributed by atoms with Crippen LogP contribution in [0.4, 0.5) is 5.82 Å². The summed E-state index contributed by atoms with van der Waals surface area (Å²) in [4.78, 5) is 13.5. The zero-order valence-electron chi connectivity index (χ0n) is 11.7. The molecule has 3 aromatic heterocycles. The van der Waals surface area contributed by atoms with Gasteiger partial charge in [-0.1, -0.05) is 0 Å². The van der Waals surface area contributed by atoms with Crippen LogP contribution in [0, 0.1) is 0 Å². The van der Waals surface area contributed by atoms with E-state index < -0.39 is 0 Å². The smallest absolute Gasteiger partial charge is 0.162 e. The molecule has 5 nitrogen and oxygen atoms in total. The van der Waals surface area contributed by atoms with E-state index in [1.165, 1.54) is 0 Å². The van der Waals surface area contributed by atoms with Crippen LogP contribution >= 0.6 is 27.3 Å². The number of pyridine rings is 1. The van der Waals surface area contributed by atoms with Crippen LogP contribution in [0.25, 0.3) is 21.6 Å². The summed E-state index contributed by atoms with van der Waals surface area (Å²) in [5.74, 6) is 1.64. The van der Waals surface area contributed by atoms with Crippen molar-refractivity contribution in [1.82, 2.24) is 20.3 Å². The fourth-order valence-corrected chi connectivity index (χ4v) is 4.10. The first-order valence-electron chi connectivity index (χ1n) is 7.13. The summed E-state index contributed by atoms with van der Waals surface area (Å²) in [6, 6.07) is 4.29. The van der Waals surface area contributed by atoms with Crippen LogP contribution in [0.15, 0.2) is 34.4 Å². The molecule has 7 heteroatoms. The van der Waals surface area contributed by atoms with Gasteiger partial charge >= 0.3 is 0 Å². The Hall–Kier alpha value is -1.57. The fourth-order valence-electron chi connectivity index (χ4n) is 2.59. The molecule has 0 radical (unpaired) electrons. The van der Waals surface area contributed by atoms with Gasteiger partial charge in [0.2, 0.25) is 0 Å². The first kappa shape index (κ1) is 14.0. The molecule has 1 saturated heterocycles. The largest absolute Gasteiger partial charge is 0.365 e. The first-order chi connectivity index (χ1) is 10.8. The second kappa shape index (κ2) is 5.91. The fraction of sp³-hybridized carbons (Fsp3) is 0.267. The van der Waals surface area contributed by atoms with Crippen LogP contribution in [0.5, 0.6) is 0 Å². The third-order valence-electron chi connectivity index (χ3n) is 3.71. The predicted octanol–water partition coefficient (Wildman–Crippen LogP) is 3.29. The Morgan fingerprint density at radius 1 is 1.27 bits per heavy atom. The predicted molar refractivity (Wildman–Crippen MR) is 93.2 cm³/mol. The van der Waals surface area contributed by atoms with Crippen molar-refractivity contribution in [2.75, 3.05) is 18.4 Å². The maximum Gasteiger partial charge on any atom is 0.162 e. The van der Waals surface area contributed by atoms with Gasteiger partial charge in [-0.15, -0.1) is 11.3 Å². The number of fused-ring (bicyclic) bond motifs is 1. The van der Waals surface area contributed by atoms with E-state index in [0.29, 0.717) is 6.04 Å². The monoisotopic (exact) mass is 375 g/mol. The topological polar surface area (TPSA) is 62.7 Å². The van der Waals surface area contributed by atoms with Gasteiger partial charge in [-0.25, -0.2) is 9.97 Å². The molecule has 0 aliphatic carbocycles. The molecule has 0 bridgehead atoms. The molecule has 22 heavy (non-hydrogen) atoms. The maximum absolute atomic E-state index is 4.76. The molecule has 0 amide bonds.